The molecule has 0 heterocycles. The fraction of sp³-hybridized carbons (Fsp3) is 0.300. The molecular formula is C20H23NO5. The molecule has 0 aromatic heterocycles. The van der Waals surface area contributed by atoms with Gasteiger partial charge in [-0.3, -0.25) is 4.79 Å². The summed E-state index contributed by atoms with van der Waals surface area (Å²) in [6.07, 6.45) is 1.81. The molecule has 0 spiro atoms. The molecule has 1 N–H and O–H groups in total. The summed E-state index contributed by atoms with van der Waals surface area (Å²) in [5.41, 5.74) is 1.03. The third kappa shape index (κ3) is 5.81. The van der Waals surface area contributed by atoms with E-state index in [2.05, 4.69) is 5.32 Å². The van der Waals surface area contributed by atoms with Crippen LogP contribution in [0.5, 0.6) is 11.5 Å². The van der Waals surface area contributed by atoms with E-state index < -0.39 is 0 Å². The minimum absolute atomic E-state index is 0.154. The summed E-state index contributed by atoms with van der Waals surface area (Å²) < 4.78 is 15.8. The number of para-hydroxylation sites is 2. The van der Waals surface area contributed by atoms with Gasteiger partial charge in [0.15, 0.2) is 6.61 Å². The highest BCUT2D eigenvalue weighted by Crippen LogP contribution is 2.23. The van der Waals surface area contributed by atoms with Crippen molar-refractivity contribution in [2.45, 2.75) is 19.8 Å². The fourth-order valence-electron chi connectivity index (χ4n) is 2.16. The number of anilines is 1. The molecule has 0 unspecified atom stereocenters. The zero-order valence-corrected chi connectivity index (χ0v) is 15.0. The Balaban J connectivity index is 1.83. The summed E-state index contributed by atoms with van der Waals surface area (Å²) in [6.45, 7) is 2.29. The van der Waals surface area contributed by atoms with Crippen molar-refractivity contribution in [3.8, 4) is 11.5 Å². The maximum atomic E-state index is 12.0. The zero-order valence-electron chi connectivity index (χ0n) is 15.0. The molecule has 0 radical (unpaired) electrons. The summed E-state index contributed by atoms with van der Waals surface area (Å²) in [7, 11) is 1.54. The number of hydrogen-bond acceptors (Lipinski definition) is 5. The molecule has 6 heteroatoms. The molecule has 0 aliphatic heterocycles. The number of benzene rings is 2. The van der Waals surface area contributed by atoms with Crippen molar-refractivity contribution in [3.05, 3.63) is 54.1 Å². The predicted octanol–water partition coefficient (Wildman–Crippen LogP) is 3.67. The normalized spacial score (nSPS) is 10.1. The van der Waals surface area contributed by atoms with Crippen LogP contribution >= 0.6 is 0 Å². The molecule has 2 aromatic carbocycles. The molecule has 0 fully saturated rings. The van der Waals surface area contributed by atoms with Crippen molar-refractivity contribution in [1.29, 1.82) is 0 Å². The smallest absolute Gasteiger partial charge is 0.338 e. The minimum Gasteiger partial charge on any atom is -0.495 e. The highest BCUT2D eigenvalue weighted by atomic mass is 16.5. The van der Waals surface area contributed by atoms with E-state index >= 15 is 0 Å². The van der Waals surface area contributed by atoms with E-state index in [-0.39, 0.29) is 18.5 Å². The second kappa shape index (κ2) is 10.1. The zero-order chi connectivity index (χ0) is 18.8. The Morgan fingerprint density at radius 1 is 1.04 bits per heavy atom. The lowest BCUT2D eigenvalue weighted by molar-refractivity contribution is -0.118. The van der Waals surface area contributed by atoms with Crippen molar-refractivity contribution in [2.75, 3.05) is 25.6 Å². The van der Waals surface area contributed by atoms with Gasteiger partial charge in [0.25, 0.3) is 5.91 Å². The van der Waals surface area contributed by atoms with E-state index in [1.165, 1.54) is 7.11 Å². The van der Waals surface area contributed by atoms with Gasteiger partial charge in [-0.15, -0.1) is 0 Å². The third-order valence-corrected chi connectivity index (χ3v) is 3.57. The highest BCUT2D eigenvalue weighted by Gasteiger charge is 2.09. The molecule has 6 nitrogen and oxygen atoms in total. The van der Waals surface area contributed by atoms with Crippen LogP contribution in [0.4, 0.5) is 5.69 Å². The number of unbranched alkanes of at least 4 members (excludes halogenated alkanes) is 1. The summed E-state index contributed by atoms with van der Waals surface area (Å²) in [4.78, 5) is 23.8. The SMILES string of the molecule is CCCCOC(=O)c1ccc(OCC(=O)Nc2ccccc2OC)cc1. The van der Waals surface area contributed by atoms with Crippen LogP contribution in [-0.4, -0.2) is 32.2 Å². The summed E-state index contributed by atoms with van der Waals surface area (Å²) in [5.74, 6) is 0.397. The van der Waals surface area contributed by atoms with Crippen LogP contribution in [0.15, 0.2) is 48.5 Å². The van der Waals surface area contributed by atoms with Crippen LogP contribution in [0, 0.1) is 0 Å². The van der Waals surface area contributed by atoms with Gasteiger partial charge in [0.1, 0.15) is 11.5 Å². The number of amides is 1. The van der Waals surface area contributed by atoms with Gasteiger partial charge in [0, 0.05) is 0 Å². The van der Waals surface area contributed by atoms with Crippen LogP contribution in [0.2, 0.25) is 0 Å². The Morgan fingerprint density at radius 3 is 2.46 bits per heavy atom. The second-order valence-corrected chi connectivity index (χ2v) is 5.55. The topological polar surface area (TPSA) is 73.9 Å². The minimum atomic E-state index is -0.362. The van der Waals surface area contributed by atoms with Crippen molar-refractivity contribution in [1.82, 2.24) is 0 Å². The van der Waals surface area contributed by atoms with Gasteiger partial charge >= 0.3 is 5.97 Å². The first kappa shape index (κ1) is 19.3. The maximum Gasteiger partial charge on any atom is 0.338 e. The maximum absolute atomic E-state index is 12.0. The lowest BCUT2D eigenvalue weighted by Gasteiger charge is -2.11. The lowest BCUT2D eigenvalue weighted by atomic mass is 10.2. The number of carbonyl (C=O) groups is 2. The fourth-order valence-corrected chi connectivity index (χ4v) is 2.16. The Kier molecular flexibility index (Phi) is 7.49. The number of methoxy groups -OCH3 is 1. The molecule has 0 saturated heterocycles. The van der Waals surface area contributed by atoms with Crippen molar-refractivity contribution >= 4 is 17.6 Å². The second-order valence-electron chi connectivity index (χ2n) is 5.55. The molecule has 0 saturated carbocycles. The summed E-state index contributed by atoms with van der Waals surface area (Å²) >= 11 is 0. The number of nitrogens with one attached hydrogen (secondary N) is 1. The molecule has 2 rings (SSSR count). The molecule has 0 aliphatic carbocycles. The van der Waals surface area contributed by atoms with Gasteiger partial charge in [0.05, 0.1) is 25.0 Å². The van der Waals surface area contributed by atoms with Gasteiger partial charge < -0.3 is 19.5 Å². The van der Waals surface area contributed by atoms with Crippen LogP contribution < -0.4 is 14.8 Å². The van der Waals surface area contributed by atoms with Crippen molar-refractivity contribution < 1.29 is 23.8 Å². The number of carbonyl (C=O) groups excluding carboxylic acids is 2. The average Bonchev–Trinajstić information content (AvgIpc) is 2.67. The van der Waals surface area contributed by atoms with E-state index in [9.17, 15) is 9.59 Å². The molecule has 1 amide bonds. The standard InChI is InChI=1S/C20H23NO5/c1-3-4-13-25-20(23)15-9-11-16(12-10-15)26-14-19(22)21-17-7-5-6-8-18(17)24-2/h5-12H,3-4,13-14H2,1-2H3,(H,21,22). The first-order valence-corrected chi connectivity index (χ1v) is 8.47. The van der Waals surface area contributed by atoms with E-state index in [0.717, 1.165) is 12.8 Å². The highest BCUT2D eigenvalue weighted by molar-refractivity contribution is 5.93. The van der Waals surface area contributed by atoms with Gasteiger partial charge in [-0.1, -0.05) is 25.5 Å². The number of ether oxygens (including phenoxy) is 3. The van der Waals surface area contributed by atoms with Crippen LogP contribution in [-0.2, 0) is 9.53 Å². The molecular weight excluding hydrogens is 334 g/mol. The van der Waals surface area contributed by atoms with E-state index in [4.69, 9.17) is 14.2 Å². The van der Waals surface area contributed by atoms with Crippen LogP contribution in [0.25, 0.3) is 0 Å². The van der Waals surface area contributed by atoms with E-state index in [1.807, 2.05) is 13.0 Å². The Morgan fingerprint density at radius 2 is 1.77 bits per heavy atom. The van der Waals surface area contributed by atoms with Crippen molar-refractivity contribution in [3.63, 3.8) is 0 Å². The first-order chi connectivity index (χ1) is 12.6. The average molecular weight is 357 g/mol. The van der Waals surface area contributed by atoms with E-state index in [0.29, 0.717) is 29.4 Å². The Hall–Kier alpha value is -3.02. The molecule has 0 atom stereocenters. The summed E-state index contributed by atoms with van der Waals surface area (Å²) in [5, 5.41) is 2.73. The first-order valence-electron chi connectivity index (χ1n) is 8.47. The number of hydrogen-bond donors (Lipinski definition) is 1. The number of esters is 1. The molecule has 0 bridgehead atoms. The van der Waals surface area contributed by atoms with Crippen LogP contribution in [0.3, 0.4) is 0 Å². The van der Waals surface area contributed by atoms with Crippen LogP contribution in [0.1, 0.15) is 30.1 Å². The van der Waals surface area contributed by atoms with Gasteiger partial charge in [-0.25, -0.2) is 4.79 Å². The Bertz CT molecular complexity index is 727. The Labute approximate surface area is 153 Å². The largest absolute Gasteiger partial charge is 0.495 e. The van der Waals surface area contributed by atoms with E-state index in [1.54, 1.807) is 42.5 Å². The molecule has 138 valence electrons. The quantitative estimate of drug-likeness (QED) is 0.547. The van der Waals surface area contributed by atoms with Gasteiger partial charge in [-0.2, -0.15) is 0 Å². The molecule has 2 aromatic rings. The number of rotatable bonds is 9. The van der Waals surface area contributed by atoms with Gasteiger partial charge in [0.2, 0.25) is 0 Å². The third-order valence-electron chi connectivity index (χ3n) is 3.57. The lowest BCUT2D eigenvalue weighted by Crippen LogP contribution is -2.20. The monoisotopic (exact) mass is 357 g/mol. The van der Waals surface area contributed by atoms with Crippen molar-refractivity contribution in [2.24, 2.45) is 0 Å². The predicted molar refractivity (Wildman–Crippen MR) is 98.8 cm³/mol. The molecule has 0 aliphatic rings. The summed E-state index contributed by atoms with van der Waals surface area (Å²) in [6, 6.07) is 13.6. The van der Waals surface area contributed by atoms with Gasteiger partial charge in [-0.05, 0) is 42.8 Å². The molecule has 26 heavy (non-hydrogen) atoms.